The van der Waals surface area contributed by atoms with E-state index in [1.54, 1.807) is 0 Å². The number of sulfonamides is 1. The molecule has 0 amide bonds. The first-order valence-corrected chi connectivity index (χ1v) is 7.94. The van der Waals surface area contributed by atoms with Crippen molar-refractivity contribution < 1.29 is 17.2 Å². The summed E-state index contributed by atoms with van der Waals surface area (Å²) in [5.41, 5.74) is 0. The minimum absolute atomic E-state index is 0.00851. The molecule has 106 valence electrons. The number of halogens is 3. The van der Waals surface area contributed by atoms with E-state index in [1.807, 2.05) is 6.92 Å². The lowest BCUT2D eigenvalue weighted by Crippen LogP contribution is -2.51. The molecule has 1 aliphatic rings. The molecule has 19 heavy (non-hydrogen) atoms. The van der Waals surface area contributed by atoms with Gasteiger partial charge in [0.25, 0.3) is 0 Å². The predicted octanol–water partition coefficient (Wildman–Crippen LogP) is 1.71. The first-order valence-electron chi connectivity index (χ1n) is 5.70. The Kier molecular flexibility index (Phi) is 4.24. The summed E-state index contributed by atoms with van der Waals surface area (Å²) in [6, 6.07) is 1.51. The van der Waals surface area contributed by atoms with Crippen molar-refractivity contribution in [1.29, 1.82) is 0 Å². The van der Waals surface area contributed by atoms with Crippen molar-refractivity contribution in [2.45, 2.75) is 17.9 Å². The third-order valence-electron chi connectivity index (χ3n) is 2.89. The van der Waals surface area contributed by atoms with Gasteiger partial charge in [-0.25, -0.2) is 17.2 Å². The zero-order valence-corrected chi connectivity index (χ0v) is 12.6. The summed E-state index contributed by atoms with van der Waals surface area (Å²) in [5, 5.41) is 3.10. The summed E-state index contributed by atoms with van der Waals surface area (Å²) >= 11 is 2.91. The molecule has 0 spiro atoms. The first kappa shape index (κ1) is 14.8. The lowest BCUT2D eigenvalue weighted by atomic mass is 10.3. The molecule has 1 heterocycles. The predicted molar refractivity (Wildman–Crippen MR) is 70.3 cm³/mol. The van der Waals surface area contributed by atoms with E-state index in [4.69, 9.17) is 0 Å². The molecule has 1 saturated heterocycles. The summed E-state index contributed by atoms with van der Waals surface area (Å²) in [5.74, 6) is -1.91. The Morgan fingerprint density at radius 1 is 1.42 bits per heavy atom. The Hall–Kier alpha value is -0.570. The van der Waals surface area contributed by atoms with Crippen molar-refractivity contribution in [3.8, 4) is 0 Å². The molecule has 0 unspecified atom stereocenters. The molecule has 0 saturated carbocycles. The van der Waals surface area contributed by atoms with Crippen LogP contribution in [0.1, 0.15) is 6.92 Å². The largest absolute Gasteiger partial charge is 0.312 e. The molecule has 8 heteroatoms. The molecule has 0 bridgehead atoms. The SMILES string of the molecule is C[C@H]1CN(S(=O)(=O)c2c(F)cc(F)cc2Br)CCN1. The van der Waals surface area contributed by atoms with E-state index in [9.17, 15) is 17.2 Å². The van der Waals surface area contributed by atoms with Crippen LogP contribution >= 0.6 is 15.9 Å². The van der Waals surface area contributed by atoms with Gasteiger partial charge in [0.15, 0.2) is 0 Å². The van der Waals surface area contributed by atoms with Gasteiger partial charge in [-0.15, -0.1) is 0 Å². The zero-order chi connectivity index (χ0) is 14.2. The summed E-state index contributed by atoms with van der Waals surface area (Å²) in [6.07, 6.45) is 0. The third-order valence-corrected chi connectivity index (χ3v) is 5.72. The highest BCUT2D eigenvalue weighted by molar-refractivity contribution is 9.10. The number of hydrogen-bond donors (Lipinski definition) is 1. The van der Waals surface area contributed by atoms with Gasteiger partial charge in [-0.2, -0.15) is 4.31 Å². The zero-order valence-electron chi connectivity index (χ0n) is 10.2. The Morgan fingerprint density at radius 3 is 2.68 bits per heavy atom. The Balaban J connectivity index is 2.45. The molecule has 1 fully saturated rings. The molecule has 1 N–H and O–H groups in total. The van der Waals surface area contributed by atoms with Crippen molar-refractivity contribution in [3.63, 3.8) is 0 Å². The van der Waals surface area contributed by atoms with Crippen LogP contribution in [0, 0.1) is 11.6 Å². The van der Waals surface area contributed by atoms with Gasteiger partial charge in [-0.1, -0.05) is 0 Å². The monoisotopic (exact) mass is 354 g/mol. The fraction of sp³-hybridized carbons (Fsp3) is 0.455. The highest BCUT2D eigenvalue weighted by Crippen LogP contribution is 2.29. The van der Waals surface area contributed by atoms with Gasteiger partial charge in [0, 0.05) is 36.2 Å². The second-order valence-electron chi connectivity index (χ2n) is 4.42. The van der Waals surface area contributed by atoms with E-state index in [0.717, 1.165) is 6.07 Å². The third kappa shape index (κ3) is 2.96. The Labute approximate surface area is 119 Å². The summed E-state index contributed by atoms with van der Waals surface area (Å²) in [7, 11) is -3.97. The maximum Gasteiger partial charge on any atom is 0.247 e. The minimum Gasteiger partial charge on any atom is -0.312 e. The number of nitrogens with zero attached hydrogens (tertiary/aromatic N) is 1. The molecule has 0 aliphatic carbocycles. The van der Waals surface area contributed by atoms with Crippen LogP contribution in [0.3, 0.4) is 0 Å². The highest BCUT2D eigenvalue weighted by atomic mass is 79.9. The molecule has 2 rings (SSSR count). The van der Waals surface area contributed by atoms with Crippen LogP contribution in [0.2, 0.25) is 0 Å². The van der Waals surface area contributed by atoms with Gasteiger partial charge in [-0.05, 0) is 28.9 Å². The molecular weight excluding hydrogens is 342 g/mol. The highest BCUT2D eigenvalue weighted by Gasteiger charge is 2.32. The summed E-state index contributed by atoms with van der Waals surface area (Å²) in [4.78, 5) is -0.511. The van der Waals surface area contributed by atoms with Gasteiger partial charge < -0.3 is 5.32 Å². The fourth-order valence-electron chi connectivity index (χ4n) is 2.02. The number of benzene rings is 1. The van der Waals surface area contributed by atoms with Gasteiger partial charge in [0.1, 0.15) is 16.5 Å². The van der Waals surface area contributed by atoms with E-state index in [-0.39, 0.29) is 23.6 Å². The molecule has 1 aromatic carbocycles. The second kappa shape index (κ2) is 5.43. The fourth-order valence-corrected chi connectivity index (χ4v) is 4.66. The Bertz CT molecular complexity index is 571. The summed E-state index contributed by atoms with van der Waals surface area (Å²) in [6.45, 7) is 2.86. The van der Waals surface area contributed by atoms with E-state index < -0.39 is 26.6 Å². The van der Waals surface area contributed by atoms with Gasteiger partial charge in [0.2, 0.25) is 10.0 Å². The quantitative estimate of drug-likeness (QED) is 0.879. The van der Waals surface area contributed by atoms with Crippen molar-refractivity contribution in [2.75, 3.05) is 19.6 Å². The van der Waals surface area contributed by atoms with Crippen molar-refractivity contribution in [1.82, 2.24) is 9.62 Å². The van der Waals surface area contributed by atoms with Gasteiger partial charge in [0.05, 0.1) is 0 Å². The standard InChI is InChI=1S/C11H13BrF2N2O2S/c1-7-6-16(3-2-15-7)19(17,18)11-9(12)4-8(13)5-10(11)14/h4-5,7,15H,2-3,6H2,1H3/t7-/m0/s1. The molecular formula is C11H13BrF2N2O2S. The average Bonchev–Trinajstić information content (AvgIpc) is 2.26. The molecule has 1 aromatic rings. The van der Waals surface area contributed by atoms with Crippen molar-refractivity contribution >= 4 is 26.0 Å². The maximum absolute atomic E-state index is 13.8. The van der Waals surface area contributed by atoms with Gasteiger partial charge in [-0.3, -0.25) is 0 Å². The normalized spacial score (nSPS) is 21.6. The van der Waals surface area contributed by atoms with Crippen LogP contribution in [-0.4, -0.2) is 38.4 Å². The van der Waals surface area contributed by atoms with Crippen molar-refractivity contribution in [3.05, 3.63) is 28.2 Å². The molecule has 0 aromatic heterocycles. The average molecular weight is 355 g/mol. The topological polar surface area (TPSA) is 49.4 Å². The van der Waals surface area contributed by atoms with E-state index in [2.05, 4.69) is 21.2 Å². The molecule has 1 atom stereocenters. The smallest absolute Gasteiger partial charge is 0.247 e. The van der Waals surface area contributed by atoms with Gasteiger partial charge >= 0.3 is 0 Å². The van der Waals surface area contributed by atoms with Crippen LogP contribution in [0.15, 0.2) is 21.5 Å². The molecule has 0 radical (unpaired) electrons. The maximum atomic E-state index is 13.8. The minimum atomic E-state index is -3.97. The number of hydrogen-bond acceptors (Lipinski definition) is 3. The van der Waals surface area contributed by atoms with E-state index >= 15 is 0 Å². The van der Waals surface area contributed by atoms with Crippen LogP contribution < -0.4 is 5.32 Å². The first-order chi connectivity index (χ1) is 8.82. The Morgan fingerprint density at radius 2 is 2.11 bits per heavy atom. The van der Waals surface area contributed by atoms with Crippen LogP contribution in [-0.2, 0) is 10.0 Å². The number of nitrogens with one attached hydrogen (secondary N) is 1. The lowest BCUT2D eigenvalue weighted by molar-refractivity contribution is 0.309. The molecule has 1 aliphatic heterocycles. The van der Waals surface area contributed by atoms with Crippen LogP contribution in [0.5, 0.6) is 0 Å². The number of piperazine rings is 1. The van der Waals surface area contributed by atoms with E-state index in [0.29, 0.717) is 12.6 Å². The van der Waals surface area contributed by atoms with E-state index in [1.165, 1.54) is 4.31 Å². The number of rotatable bonds is 2. The van der Waals surface area contributed by atoms with Crippen LogP contribution in [0.25, 0.3) is 0 Å². The second-order valence-corrected chi connectivity index (χ2v) is 7.15. The lowest BCUT2D eigenvalue weighted by Gasteiger charge is -2.31. The molecule has 4 nitrogen and oxygen atoms in total. The van der Waals surface area contributed by atoms with Crippen molar-refractivity contribution in [2.24, 2.45) is 0 Å². The van der Waals surface area contributed by atoms with Crippen LogP contribution in [0.4, 0.5) is 8.78 Å². The summed E-state index contributed by atoms with van der Waals surface area (Å²) < 4.78 is 52.7.